The van der Waals surface area contributed by atoms with Crippen LogP contribution in [0, 0.1) is 0 Å². The number of hydrogen-bond donors (Lipinski definition) is 0. The van der Waals surface area contributed by atoms with Gasteiger partial charge in [-0.05, 0) is 128 Å². The Balaban J connectivity index is 0.695. The van der Waals surface area contributed by atoms with E-state index in [0.717, 1.165) is 221 Å². The summed E-state index contributed by atoms with van der Waals surface area (Å²) in [4.78, 5) is 35.2. The van der Waals surface area contributed by atoms with Gasteiger partial charge in [-0.15, -0.1) is 0 Å². The highest BCUT2D eigenvalue weighted by molar-refractivity contribution is 6.32. The summed E-state index contributed by atoms with van der Waals surface area (Å²) in [7, 11) is 0. The van der Waals surface area contributed by atoms with Crippen molar-refractivity contribution in [3.8, 4) is 69.3 Å². The van der Waals surface area contributed by atoms with E-state index in [1.165, 1.54) is 27.2 Å². The summed E-state index contributed by atoms with van der Waals surface area (Å²) in [5, 5.41) is 19.7. The second-order valence-electron chi connectivity index (χ2n) is 35.5. The Bertz CT molecular complexity index is 10200. The van der Waals surface area contributed by atoms with Crippen molar-refractivity contribution in [3.63, 3.8) is 0 Å². The van der Waals surface area contributed by atoms with Crippen LogP contribution < -0.4 is 0 Å². The monoisotopic (exact) mass is 1720 g/mol. The van der Waals surface area contributed by atoms with Gasteiger partial charge in [0.05, 0.1) is 99.3 Å². The Morgan fingerprint density at radius 1 is 0.170 bits per heavy atom. The fourth-order valence-electron chi connectivity index (χ4n) is 22.9. The summed E-state index contributed by atoms with van der Waals surface area (Å²) in [6, 6.07) is 145. The SMILES string of the molecule is C1=CCCC(n2c3c(ccc4c5ccccc5n(-c5ccccc5)c43)c3ccc4c5ccccc5n(-c5nc(-c6ccccc6)nc(-n6c7ccccc7c7ccc8c9ccc%10c%11ccccc%11n(-c%11nc(-c%12ccccc%12)nc(-n%12c%13ccccc%13c%13cc%14c(cc%13%12)c%12cc%13c(cc%12n%14-c%12ccccc%12)c%12ccccc%12n%13-c%12ccccc%12)n%11)c%10c9n(-c9ccccc9)c8c76)n5)c4c32)=C1. The Morgan fingerprint density at radius 2 is 0.407 bits per heavy atom. The zero-order chi connectivity index (χ0) is 87.9. The summed E-state index contributed by atoms with van der Waals surface area (Å²) in [5.41, 5.74) is 25.6. The summed E-state index contributed by atoms with van der Waals surface area (Å²) < 4.78 is 21.7. The molecule has 628 valence electrons. The third-order valence-corrected chi connectivity index (χ3v) is 28.5. The summed E-state index contributed by atoms with van der Waals surface area (Å²) in [6.45, 7) is 0. The first-order valence-electron chi connectivity index (χ1n) is 46.1. The maximum Gasteiger partial charge on any atom is 0.240 e. The fourth-order valence-corrected chi connectivity index (χ4v) is 22.9. The molecule has 18 aromatic carbocycles. The van der Waals surface area contributed by atoms with Gasteiger partial charge in [0, 0.05) is 137 Å². The van der Waals surface area contributed by atoms with Gasteiger partial charge in [0.1, 0.15) is 0 Å². The van der Waals surface area contributed by atoms with Crippen LogP contribution in [0.3, 0.4) is 0 Å². The van der Waals surface area contributed by atoms with Gasteiger partial charge in [-0.1, -0.05) is 303 Å². The summed E-state index contributed by atoms with van der Waals surface area (Å²) in [6.07, 6.45) is 8.57. The third kappa shape index (κ3) is 10.4. The Hall–Kier alpha value is -18.3. The number of aromatic nitrogens is 15. The van der Waals surface area contributed by atoms with Gasteiger partial charge in [0.15, 0.2) is 11.6 Å². The van der Waals surface area contributed by atoms with Crippen LogP contribution >= 0.6 is 0 Å². The highest BCUT2D eigenvalue weighted by Gasteiger charge is 2.33. The van der Waals surface area contributed by atoms with Crippen LogP contribution in [-0.4, -0.2) is 71.0 Å². The zero-order valence-corrected chi connectivity index (χ0v) is 72.5. The van der Waals surface area contributed by atoms with Crippen molar-refractivity contribution in [2.24, 2.45) is 0 Å². The molecule has 1 aliphatic carbocycles. The molecule has 0 fully saturated rings. The molecule has 1 aliphatic rings. The molecule has 15 heteroatoms. The van der Waals surface area contributed by atoms with Crippen LogP contribution in [-0.2, 0) is 0 Å². The van der Waals surface area contributed by atoms with E-state index >= 15 is 0 Å². The average Bonchev–Trinajstić information content (AvgIpc) is 1.52. The van der Waals surface area contributed by atoms with Crippen LogP contribution in [0.2, 0.25) is 0 Å². The molecule has 11 heterocycles. The number of para-hydroxylation sites is 10. The zero-order valence-electron chi connectivity index (χ0n) is 72.5. The van der Waals surface area contributed by atoms with E-state index in [1.54, 1.807) is 0 Å². The minimum absolute atomic E-state index is 0.454. The predicted octanol–water partition coefficient (Wildman–Crippen LogP) is 29.5. The topological polar surface area (TPSA) is 122 Å². The van der Waals surface area contributed by atoms with Crippen molar-refractivity contribution < 1.29 is 0 Å². The van der Waals surface area contributed by atoms with Crippen LogP contribution in [0.4, 0.5) is 0 Å². The summed E-state index contributed by atoms with van der Waals surface area (Å²) in [5.74, 6) is 2.91. The first kappa shape index (κ1) is 73.6. The number of rotatable bonds is 11. The van der Waals surface area contributed by atoms with Gasteiger partial charge < -0.3 is 22.8 Å². The molecule has 30 rings (SSSR count). The molecule has 0 saturated heterocycles. The molecular weight excluding hydrogens is 1650 g/mol. The number of nitrogens with zero attached hydrogens (tertiary/aromatic N) is 15. The fraction of sp³-hybridized carbons (Fsp3) is 0.0167. The van der Waals surface area contributed by atoms with Crippen molar-refractivity contribution in [2.75, 3.05) is 0 Å². The van der Waals surface area contributed by atoms with Crippen LogP contribution in [0.1, 0.15) is 12.8 Å². The highest BCUT2D eigenvalue weighted by Crippen LogP contribution is 2.51. The van der Waals surface area contributed by atoms with Gasteiger partial charge in [-0.2, -0.15) is 29.9 Å². The standard InChI is InChI=1S/C120H73N15/c1-8-34-72(35-9-1)115-121-117(132-99-56-30-27-53-84(99)94-69-105-96(71-106(94)132)95-70-103-93(68-104(95)128(105)75-40-14-4-15-41-75)83-52-26-28-54-97(83)127(103)74-38-12-3-13-39-74)125-118(122-115)133-100-57-31-23-49-80(100)87-62-66-91-92-67-63-88-82-51-25-33-59-102(82)135(114(88)111(92)131(110(91)113(87)133)78-46-20-7-21-47-78)120-124-116(73-36-10-2-11-37-73)123-119(126-120)134-101-58-32-24-50-81(101)86-61-65-90-89-64-60-85-79-48-22-29-55-98(79)129(76-42-16-5-17-43-76)107(85)108(89)130(109(90)112(86)134)77-44-18-6-19-45-77/h1-18,20-44,46-71H,19,45H2. The van der Waals surface area contributed by atoms with E-state index in [2.05, 4.69) is 454 Å². The Kier molecular flexibility index (Phi) is 15.3. The van der Waals surface area contributed by atoms with Crippen molar-refractivity contribution >= 4 is 202 Å². The Morgan fingerprint density at radius 3 is 0.756 bits per heavy atom. The van der Waals surface area contributed by atoms with E-state index < -0.39 is 0 Å². The summed E-state index contributed by atoms with van der Waals surface area (Å²) >= 11 is 0. The van der Waals surface area contributed by atoms with Crippen LogP contribution in [0.5, 0.6) is 0 Å². The molecule has 15 nitrogen and oxygen atoms in total. The lowest BCUT2D eigenvalue weighted by atomic mass is 10.1. The van der Waals surface area contributed by atoms with E-state index in [4.69, 9.17) is 29.9 Å². The van der Waals surface area contributed by atoms with E-state index in [-0.39, 0.29) is 0 Å². The average molecular weight is 1730 g/mol. The molecular formula is C120H73N15. The quantitative estimate of drug-likeness (QED) is 0.127. The molecule has 0 atom stereocenters. The van der Waals surface area contributed by atoms with E-state index in [0.29, 0.717) is 35.4 Å². The smallest absolute Gasteiger partial charge is 0.240 e. The lowest BCUT2D eigenvalue weighted by Gasteiger charge is -2.17. The normalized spacial score (nSPS) is 12.8. The molecule has 135 heavy (non-hydrogen) atoms. The lowest BCUT2D eigenvalue weighted by molar-refractivity contribution is 0.892. The highest BCUT2D eigenvalue weighted by atomic mass is 15.3. The van der Waals surface area contributed by atoms with E-state index in [9.17, 15) is 0 Å². The number of fused-ring (bicyclic) bond motifs is 31. The minimum Gasteiger partial charge on any atom is -0.309 e. The molecule has 0 unspecified atom stereocenters. The molecule has 0 N–H and O–H groups in total. The number of allylic oxidation sites excluding steroid dienone is 4. The van der Waals surface area contributed by atoms with Crippen molar-refractivity contribution in [1.82, 2.24) is 71.0 Å². The molecule has 0 radical (unpaired) electrons. The van der Waals surface area contributed by atoms with Gasteiger partial charge in [0.25, 0.3) is 0 Å². The van der Waals surface area contributed by atoms with Crippen LogP contribution in [0.25, 0.3) is 271 Å². The molecule has 0 aliphatic heterocycles. The molecule has 0 spiro atoms. The van der Waals surface area contributed by atoms with Crippen molar-refractivity contribution in [2.45, 2.75) is 12.8 Å². The minimum atomic E-state index is 0.454. The lowest BCUT2D eigenvalue weighted by Crippen LogP contribution is -2.11. The van der Waals surface area contributed by atoms with Crippen molar-refractivity contribution in [1.29, 1.82) is 0 Å². The largest absolute Gasteiger partial charge is 0.309 e. The molecule has 0 saturated carbocycles. The van der Waals surface area contributed by atoms with Crippen molar-refractivity contribution in [3.05, 3.63) is 419 Å². The number of benzene rings is 18. The second-order valence-corrected chi connectivity index (χ2v) is 35.5. The first-order valence-corrected chi connectivity index (χ1v) is 46.1. The van der Waals surface area contributed by atoms with Crippen LogP contribution in [0.15, 0.2) is 419 Å². The predicted molar refractivity (Wildman–Crippen MR) is 554 cm³/mol. The molecule has 0 bridgehead atoms. The Labute approximate surface area is 768 Å². The van der Waals surface area contributed by atoms with E-state index in [1.807, 2.05) is 6.07 Å². The van der Waals surface area contributed by atoms with Gasteiger partial charge in [0.2, 0.25) is 23.8 Å². The van der Waals surface area contributed by atoms with Gasteiger partial charge >= 0.3 is 0 Å². The first-order chi connectivity index (χ1) is 67.0. The van der Waals surface area contributed by atoms with Gasteiger partial charge in [-0.25, -0.2) is 0 Å². The van der Waals surface area contributed by atoms with Gasteiger partial charge in [-0.3, -0.25) is 18.3 Å². The third-order valence-electron chi connectivity index (χ3n) is 28.5. The molecule has 11 aromatic heterocycles. The maximum atomic E-state index is 6.07. The maximum absolute atomic E-state index is 6.07. The second kappa shape index (κ2) is 28.1. The molecule has 0 amide bonds. The number of hydrogen-bond acceptors (Lipinski definition) is 6. The molecule has 29 aromatic rings.